The van der Waals surface area contributed by atoms with Gasteiger partial charge < -0.3 is 4.74 Å². The topological polar surface area (TPSA) is 35.9 Å². The average Bonchev–Trinajstić information content (AvgIpc) is 1.63. The van der Waals surface area contributed by atoms with Gasteiger partial charge in [-0.2, -0.15) is 0 Å². The van der Waals surface area contributed by atoms with E-state index in [-0.39, 0.29) is 16.2 Å². The number of benzene rings is 13. The summed E-state index contributed by atoms with van der Waals surface area (Å²) in [6, 6.07) is 127. The third-order valence-corrected chi connectivity index (χ3v) is 31.7. The van der Waals surface area contributed by atoms with Crippen LogP contribution in [0.3, 0.4) is 0 Å². The van der Waals surface area contributed by atoms with E-state index < -0.39 is 16.1 Å². The first-order valence-electron chi connectivity index (χ1n) is 36.2. The molecular weight excluding hydrogens is 1280 g/mol. The maximum atomic E-state index is 7.13. The third kappa shape index (κ3) is 11.1. The van der Waals surface area contributed by atoms with Gasteiger partial charge in [0, 0.05) is 23.0 Å². The molecule has 0 spiro atoms. The fourth-order valence-electron chi connectivity index (χ4n) is 17.0. The molecule has 0 amide bonds. The molecule has 0 fully saturated rings. The summed E-state index contributed by atoms with van der Waals surface area (Å²) < 4.78 is 14.2. The lowest BCUT2D eigenvalue weighted by Gasteiger charge is -2.42. The van der Waals surface area contributed by atoms with Gasteiger partial charge in [-0.1, -0.05) is 334 Å². The predicted octanol–water partition coefficient (Wildman–Crippen LogP) is 17.7. The van der Waals surface area contributed by atoms with Crippen LogP contribution in [0.5, 0.6) is 11.5 Å². The quantitative estimate of drug-likeness (QED) is 0.0444. The maximum absolute atomic E-state index is 7.13. The van der Waals surface area contributed by atoms with E-state index in [1.54, 1.807) is 0 Å². The second-order valence-corrected chi connectivity index (χ2v) is 37.9. The van der Waals surface area contributed by atoms with Gasteiger partial charge in [0.1, 0.15) is 17.3 Å². The van der Waals surface area contributed by atoms with Gasteiger partial charge in [-0.3, -0.25) is 13.7 Å². The summed E-state index contributed by atoms with van der Waals surface area (Å²) in [5.41, 5.74) is 14.4. The van der Waals surface area contributed by atoms with E-state index in [1.165, 1.54) is 63.6 Å². The van der Waals surface area contributed by atoms with E-state index in [4.69, 9.17) is 9.72 Å². The second kappa shape index (κ2) is 25.8. The maximum Gasteiger partial charge on any atom is 0.269 e. The molecule has 17 rings (SSSR count). The van der Waals surface area contributed by atoms with Crippen molar-refractivity contribution in [2.24, 2.45) is 0 Å². The first kappa shape index (κ1) is 64.9. The van der Waals surface area contributed by atoms with Crippen molar-refractivity contribution >= 4 is 90.5 Å². The van der Waals surface area contributed by atoms with Gasteiger partial charge in [-0.15, -0.1) is 0 Å². The zero-order chi connectivity index (χ0) is 70.1. The molecule has 0 atom stereocenters. The standard InChI is InChI=1S/C96H82N4OSi2/c1-94(2,3)70-58-61-97-90(64-70)100-87-53-27-26-50-84(87)85-55-54-73(66-89(85)100)101-72-35-30-34-71(65-72)98-67-99(93-88(98)57-56-86-91(93)96(6,7)60-59-95(86,4)5)92-82(68-32-28-48-80(62-68)102(74-36-14-8-15-37-74,75-38-16-9-17-39-75)76-40-18-10-19-41-76)51-31-52-83(92)69-33-29-49-81(63-69)103(77-42-20-11-21-43-77,78-44-22-12-23-45-78)79-46-24-13-25-47-79/h8-58,61-66H,59-60H2,1-7H3. The van der Waals surface area contributed by atoms with E-state index in [2.05, 4.69) is 408 Å². The number of fused-ring (bicyclic) bond motifs is 6. The van der Waals surface area contributed by atoms with Gasteiger partial charge in [0.2, 0.25) is 0 Å². The van der Waals surface area contributed by atoms with Crippen molar-refractivity contribution < 1.29 is 9.30 Å². The molecule has 1 aliphatic carbocycles. The lowest BCUT2D eigenvalue weighted by molar-refractivity contribution is -0.571. The highest BCUT2D eigenvalue weighted by Crippen LogP contribution is 2.49. The Hall–Kier alpha value is -11.5. The number of ether oxygens (including phenoxy) is 1. The molecule has 0 aliphatic heterocycles. The minimum absolute atomic E-state index is 0.0556. The molecule has 1 aliphatic rings. The lowest BCUT2D eigenvalue weighted by Crippen LogP contribution is -2.74. The van der Waals surface area contributed by atoms with Gasteiger partial charge in [0.25, 0.3) is 6.33 Å². The van der Waals surface area contributed by atoms with Crippen LogP contribution in [-0.4, -0.2) is 30.3 Å². The van der Waals surface area contributed by atoms with Crippen molar-refractivity contribution in [3.05, 3.63) is 369 Å². The highest BCUT2D eigenvalue weighted by molar-refractivity contribution is 7.20. The third-order valence-electron chi connectivity index (χ3n) is 22.1. The molecule has 13 aromatic carbocycles. The van der Waals surface area contributed by atoms with Gasteiger partial charge in [-0.05, 0) is 158 Å². The normalized spacial score (nSPS) is 13.7. The van der Waals surface area contributed by atoms with Gasteiger partial charge in [0.15, 0.2) is 16.1 Å². The molecular formula is C96H82N4OSi2. The molecule has 7 heteroatoms. The van der Waals surface area contributed by atoms with E-state index in [0.717, 1.165) is 85.5 Å². The smallest absolute Gasteiger partial charge is 0.269 e. The SMILES string of the molecule is CC(C)(C)c1ccnc(-n2c3ccccc3c3ccc(Oc4cccc(-n5[c-][n+](-c6c(-c7cccc([Si](c8ccccc8)(c8ccccc8)c8ccccc8)c7)cccc6-c6cccc([Si](c7ccccc7)(c7ccccc7)c7ccccc7)c6)c6c7c(ccc65)C(C)(C)CCC7(C)C)c4)cc32)c1. The molecule has 3 aromatic heterocycles. The number of nitrogens with zero attached hydrogens (tertiary/aromatic N) is 4. The Morgan fingerprint density at radius 1 is 0.398 bits per heavy atom. The average molecular weight is 1360 g/mol. The second-order valence-electron chi connectivity index (χ2n) is 30.2. The van der Waals surface area contributed by atoms with E-state index in [0.29, 0.717) is 5.75 Å². The van der Waals surface area contributed by atoms with Crippen LogP contribution in [0.25, 0.3) is 72.3 Å². The molecule has 0 radical (unpaired) electrons. The van der Waals surface area contributed by atoms with Gasteiger partial charge in [-0.25, -0.2) is 4.98 Å². The fourth-order valence-corrected chi connectivity index (χ4v) is 26.6. The van der Waals surface area contributed by atoms with Crippen LogP contribution in [0.2, 0.25) is 0 Å². The summed E-state index contributed by atoms with van der Waals surface area (Å²) in [4.78, 5) is 5.00. The van der Waals surface area contributed by atoms with Crippen LogP contribution in [-0.2, 0) is 16.2 Å². The molecule has 500 valence electrons. The number of pyridine rings is 1. The Balaban J connectivity index is 0.920. The molecule has 0 unspecified atom stereocenters. The van der Waals surface area contributed by atoms with E-state index in [1.807, 2.05) is 6.20 Å². The fraction of sp³-hybridized carbons (Fsp3) is 0.125. The summed E-state index contributed by atoms with van der Waals surface area (Å²) in [6.07, 6.45) is 8.29. The first-order valence-corrected chi connectivity index (χ1v) is 40.2. The predicted molar refractivity (Wildman–Crippen MR) is 434 cm³/mol. The number of rotatable bonds is 15. The zero-order valence-corrected chi connectivity index (χ0v) is 61.5. The highest BCUT2D eigenvalue weighted by atomic mass is 28.3. The number of aromatic nitrogens is 4. The van der Waals surface area contributed by atoms with Crippen molar-refractivity contribution in [2.45, 2.75) is 77.6 Å². The summed E-state index contributed by atoms with van der Waals surface area (Å²) in [7, 11) is -6.03. The zero-order valence-electron chi connectivity index (χ0n) is 59.5. The van der Waals surface area contributed by atoms with E-state index in [9.17, 15) is 0 Å². The van der Waals surface area contributed by atoms with Crippen molar-refractivity contribution in [1.29, 1.82) is 0 Å². The van der Waals surface area contributed by atoms with Crippen LogP contribution >= 0.6 is 0 Å². The molecule has 0 saturated heterocycles. The van der Waals surface area contributed by atoms with Crippen molar-refractivity contribution in [1.82, 2.24) is 14.1 Å². The Bertz CT molecular complexity index is 5440. The molecule has 3 heterocycles. The van der Waals surface area contributed by atoms with Crippen molar-refractivity contribution in [3.63, 3.8) is 0 Å². The monoisotopic (exact) mass is 1360 g/mol. The number of imidazole rings is 1. The summed E-state index contributed by atoms with van der Waals surface area (Å²) in [6.45, 7) is 16.6. The van der Waals surface area contributed by atoms with Crippen molar-refractivity contribution in [3.8, 4) is 50.9 Å². The lowest BCUT2D eigenvalue weighted by atomic mass is 9.63. The Labute approximate surface area is 607 Å². The number of hydrogen-bond donors (Lipinski definition) is 0. The minimum Gasteiger partial charge on any atom is -0.458 e. The Kier molecular flexibility index (Phi) is 16.3. The number of hydrogen-bond acceptors (Lipinski definition) is 2. The highest BCUT2D eigenvalue weighted by Gasteiger charge is 2.44. The van der Waals surface area contributed by atoms with Crippen molar-refractivity contribution in [2.75, 3.05) is 0 Å². The first-order chi connectivity index (χ1) is 50.2. The van der Waals surface area contributed by atoms with Crippen LogP contribution in [0, 0.1) is 6.33 Å². The summed E-state index contributed by atoms with van der Waals surface area (Å²) in [5.74, 6) is 2.33. The molecule has 0 saturated carbocycles. The van der Waals surface area contributed by atoms with E-state index >= 15 is 0 Å². The minimum atomic E-state index is -3.01. The van der Waals surface area contributed by atoms with Gasteiger partial charge >= 0.3 is 0 Å². The Morgan fingerprint density at radius 2 is 0.854 bits per heavy atom. The summed E-state index contributed by atoms with van der Waals surface area (Å²) in [5, 5.41) is 12.9. The molecule has 103 heavy (non-hydrogen) atoms. The summed E-state index contributed by atoms with van der Waals surface area (Å²) >= 11 is 0. The van der Waals surface area contributed by atoms with Crippen LogP contribution < -0.4 is 50.8 Å². The van der Waals surface area contributed by atoms with Crippen LogP contribution in [0.4, 0.5) is 0 Å². The molecule has 16 aromatic rings. The number of para-hydroxylation sites is 2. The van der Waals surface area contributed by atoms with Crippen LogP contribution in [0.15, 0.2) is 346 Å². The van der Waals surface area contributed by atoms with Crippen LogP contribution in [0.1, 0.15) is 78.0 Å². The van der Waals surface area contributed by atoms with Gasteiger partial charge in [0.05, 0.1) is 33.4 Å². The molecule has 5 nitrogen and oxygen atoms in total. The molecule has 0 N–H and O–H groups in total. The molecule has 0 bridgehead atoms. The largest absolute Gasteiger partial charge is 0.458 e. The Morgan fingerprint density at radius 3 is 1.38 bits per heavy atom.